The Labute approximate surface area is 118 Å². The molecule has 4 nitrogen and oxygen atoms in total. The van der Waals surface area contributed by atoms with Crippen molar-refractivity contribution >= 4 is 5.91 Å². The number of benzene rings is 1. The minimum atomic E-state index is -0.0894. The predicted octanol–water partition coefficient (Wildman–Crippen LogP) is 2.04. The molecule has 2 aromatic rings. The van der Waals surface area contributed by atoms with Gasteiger partial charge in [0.15, 0.2) is 0 Å². The molecule has 20 heavy (non-hydrogen) atoms. The summed E-state index contributed by atoms with van der Waals surface area (Å²) >= 11 is 0. The van der Waals surface area contributed by atoms with E-state index in [4.69, 9.17) is 0 Å². The monoisotopic (exact) mass is 267 g/mol. The van der Waals surface area contributed by atoms with Gasteiger partial charge in [-0.15, -0.1) is 0 Å². The van der Waals surface area contributed by atoms with Crippen LogP contribution in [0.3, 0.4) is 0 Å². The molecule has 0 radical (unpaired) electrons. The summed E-state index contributed by atoms with van der Waals surface area (Å²) in [6.45, 7) is 2.93. The molecular formula is C16H17N3O. The van der Waals surface area contributed by atoms with Gasteiger partial charge in [0.05, 0.1) is 11.6 Å². The molecule has 2 N–H and O–H groups in total. The van der Waals surface area contributed by atoms with E-state index in [-0.39, 0.29) is 18.0 Å². The van der Waals surface area contributed by atoms with Crippen LogP contribution >= 0.6 is 0 Å². The van der Waals surface area contributed by atoms with Gasteiger partial charge in [-0.2, -0.15) is 0 Å². The van der Waals surface area contributed by atoms with Crippen LogP contribution in [0.2, 0.25) is 0 Å². The van der Waals surface area contributed by atoms with Gasteiger partial charge in [-0.25, -0.2) is 0 Å². The highest BCUT2D eigenvalue weighted by Crippen LogP contribution is 2.26. The van der Waals surface area contributed by atoms with Gasteiger partial charge in [0.2, 0.25) is 0 Å². The van der Waals surface area contributed by atoms with Gasteiger partial charge in [-0.1, -0.05) is 24.3 Å². The summed E-state index contributed by atoms with van der Waals surface area (Å²) < 4.78 is 0. The first-order valence-electron chi connectivity index (χ1n) is 6.78. The molecule has 3 rings (SSSR count). The van der Waals surface area contributed by atoms with Crippen molar-refractivity contribution in [1.82, 2.24) is 15.6 Å². The maximum Gasteiger partial charge on any atom is 0.253 e. The number of amides is 1. The van der Waals surface area contributed by atoms with Crippen molar-refractivity contribution in [2.24, 2.45) is 0 Å². The Morgan fingerprint density at radius 3 is 2.95 bits per heavy atom. The van der Waals surface area contributed by atoms with Crippen LogP contribution in [-0.4, -0.2) is 16.9 Å². The molecule has 2 unspecified atom stereocenters. The van der Waals surface area contributed by atoms with Gasteiger partial charge >= 0.3 is 0 Å². The van der Waals surface area contributed by atoms with E-state index in [0.717, 1.165) is 6.54 Å². The summed E-state index contributed by atoms with van der Waals surface area (Å²) in [7, 11) is 0. The molecule has 2 atom stereocenters. The van der Waals surface area contributed by atoms with E-state index >= 15 is 0 Å². The zero-order chi connectivity index (χ0) is 13.9. The zero-order valence-electron chi connectivity index (χ0n) is 11.3. The third-order valence-electron chi connectivity index (χ3n) is 3.71. The van der Waals surface area contributed by atoms with E-state index in [9.17, 15) is 4.79 Å². The highest BCUT2D eigenvalue weighted by atomic mass is 16.1. The highest BCUT2D eigenvalue weighted by molar-refractivity contribution is 5.94. The largest absolute Gasteiger partial charge is 0.344 e. The Kier molecular flexibility index (Phi) is 3.48. The van der Waals surface area contributed by atoms with Crippen LogP contribution in [0.4, 0.5) is 0 Å². The lowest BCUT2D eigenvalue weighted by atomic mass is 9.91. The molecular weight excluding hydrogens is 250 g/mol. The fraction of sp³-hybridized carbons (Fsp3) is 0.250. The van der Waals surface area contributed by atoms with Crippen molar-refractivity contribution in [3.8, 4) is 0 Å². The van der Waals surface area contributed by atoms with Crippen LogP contribution in [0.15, 0.2) is 48.8 Å². The molecule has 0 saturated carbocycles. The van der Waals surface area contributed by atoms with Crippen molar-refractivity contribution in [3.05, 3.63) is 65.5 Å². The molecule has 2 heterocycles. The topological polar surface area (TPSA) is 54.0 Å². The van der Waals surface area contributed by atoms with Crippen molar-refractivity contribution in [3.63, 3.8) is 0 Å². The normalized spacial score (nSPS) is 21.1. The minimum absolute atomic E-state index is 0.0207. The van der Waals surface area contributed by atoms with E-state index in [1.807, 2.05) is 12.1 Å². The van der Waals surface area contributed by atoms with Gasteiger partial charge in [-0.05, 0) is 30.2 Å². The van der Waals surface area contributed by atoms with Crippen LogP contribution in [0.1, 0.15) is 34.5 Å². The third-order valence-corrected chi connectivity index (χ3v) is 3.71. The summed E-state index contributed by atoms with van der Waals surface area (Å²) in [4.78, 5) is 16.3. The average Bonchev–Trinajstić information content (AvgIpc) is 2.51. The molecule has 1 aliphatic heterocycles. The lowest BCUT2D eigenvalue weighted by Crippen LogP contribution is -2.45. The van der Waals surface area contributed by atoms with E-state index in [2.05, 4.69) is 34.7 Å². The number of hydrogen-bond donors (Lipinski definition) is 2. The molecule has 0 fully saturated rings. The number of rotatable bonds is 2. The van der Waals surface area contributed by atoms with Crippen LogP contribution in [0, 0.1) is 0 Å². The number of fused-ring (bicyclic) bond motifs is 1. The first-order valence-corrected chi connectivity index (χ1v) is 6.78. The predicted molar refractivity (Wildman–Crippen MR) is 77.2 cm³/mol. The second-order valence-corrected chi connectivity index (χ2v) is 5.06. The number of nitrogens with zero attached hydrogens (tertiary/aromatic N) is 1. The lowest BCUT2D eigenvalue weighted by molar-refractivity contribution is 0.0925. The fourth-order valence-corrected chi connectivity index (χ4v) is 2.58. The van der Waals surface area contributed by atoms with Gasteiger partial charge in [0.25, 0.3) is 5.91 Å². The molecule has 1 amide bonds. The molecule has 4 heteroatoms. The summed E-state index contributed by atoms with van der Waals surface area (Å²) in [6, 6.07) is 11.9. The maximum atomic E-state index is 12.3. The Bertz CT molecular complexity index is 612. The molecule has 0 spiro atoms. The van der Waals surface area contributed by atoms with Crippen molar-refractivity contribution in [2.75, 3.05) is 0 Å². The van der Waals surface area contributed by atoms with Crippen LogP contribution in [0.25, 0.3) is 0 Å². The Morgan fingerprint density at radius 1 is 1.30 bits per heavy atom. The molecule has 0 bridgehead atoms. The smallest absolute Gasteiger partial charge is 0.253 e. The van der Waals surface area contributed by atoms with Gasteiger partial charge < -0.3 is 10.6 Å². The number of nitrogens with one attached hydrogen (secondary N) is 2. The number of aromatic nitrogens is 1. The molecule has 0 aliphatic carbocycles. The number of pyridine rings is 1. The van der Waals surface area contributed by atoms with Crippen LogP contribution in [-0.2, 0) is 6.54 Å². The molecule has 0 saturated heterocycles. The van der Waals surface area contributed by atoms with Gasteiger partial charge in [0, 0.05) is 25.0 Å². The molecule has 1 aliphatic rings. The summed E-state index contributed by atoms with van der Waals surface area (Å²) in [5.41, 5.74) is 3.01. The zero-order valence-corrected chi connectivity index (χ0v) is 11.3. The summed E-state index contributed by atoms with van der Waals surface area (Å²) in [6.07, 6.45) is 3.25. The van der Waals surface area contributed by atoms with Gasteiger partial charge in [0.1, 0.15) is 0 Å². The number of carbonyl (C=O) groups excluding carboxylic acids is 1. The minimum Gasteiger partial charge on any atom is -0.344 e. The van der Waals surface area contributed by atoms with E-state index in [0.29, 0.717) is 5.56 Å². The lowest BCUT2D eigenvalue weighted by Gasteiger charge is -2.33. The Hall–Kier alpha value is -2.20. The highest BCUT2D eigenvalue weighted by Gasteiger charge is 2.27. The maximum absolute atomic E-state index is 12.3. The van der Waals surface area contributed by atoms with E-state index in [1.54, 1.807) is 24.5 Å². The van der Waals surface area contributed by atoms with Crippen LogP contribution < -0.4 is 10.6 Å². The van der Waals surface area contributed by atoms with Crippen molar-refractivity contribution in [1.29, 1.82) is 0 Å². The van der Waals surface area contributed by atoms with Crippen molar-refractivity contribution in [2.45, 2.75) is 25.6 Å². The van der Waals surface area contributed by atoms with Crippen LogP contribution in [0.5, 0.6) is 0 Å². The third kappa shape index (κ3) is 2.42. The molecule has 102 valence electrons. The molecule has 1 aromatic carbocycles. The Morgan fingerprint density at radius 2 is 2.15 bits per heavy atom. The second kappa shape index (κ2) is 5.43. The quantitative estimate of drug-likeness (QED) is 0.875. The summed E-state index contributed by atoms with van der Waals surface area (Å²) in [5.74, 6) is -0.0894. The average molecular weight is 267 g/mol. The first-order chi connectivity index (χ1) is 9.75. The number of carbonyl (C=O) groups is 1. The van der Waals surface area contributed by atoms with E-state index in [1.165, 1.54) is 11.1 Å². The van der Waals surface area contributed by atoms with Crippen molar-refractivity contribution < 1.29 is 4.79 Å². The first kappa shape index (κ1) is 12.8. The standard InChI is InChI=1S/C16H17N3O/c1-11-15(14-7-3-2-5-12(14)10-18-11)19-16(20)13-6-4-8-17-9-13/h2-9,11,15,18H,10H2,1H3,(H,19,20). The van der Waals surface area contributed by atoms with E-state index < -0.39 is 0 Å². The SMILES string of the molecule is CC1NCc2ccccc2C1NC(=O)c1cccnc1. The van der Waals surface area contributed by atoms with Gasteiger partial charge in [-0.3, -0.25) is 9.78 Å². The number of hydrogen-bond acceptors (Lipinski definition) is 3. The summed E-state index contributed by atoms with van der Waals surface area (Å²) in [5, 5.41) is 6.51. The molecule has 1 aromatic heterocycles. The Balaban J connectivity index is 1.85. The second-order valence-electron chi connectivity index (χ2n) is 5.06. The fourth-order valence-electron chi connectivity index (χ4n) is 2.58.